The summed E-state index contributed by atoms with van der Waals surface area (Å²) in [6.07, 6.45) is 0.0895. The van der Waals surface area contributed by atoms with Gasteiger partial charge < -0.3 is 10.1 Å². The summed E-state index contributed by atoms with van der Waals surface area (Å²) < 4.78 is 5.53. The maximum atomic E-state index is 12.2. The number of para-hydroxylation sites is 1. The summed E-state index contributed by atoms with van der Waals surface area (Å²) in [6.45, 7) is 3.89. The largest absolute Gasteiger partial charge is 0.491 e. The molecular formula is C16H15Cl2NO2. The van der Waals surface area contributed by atoms with E-state index in [1.807, 2.05) is 13.8 Å². The normalized spacial score (nSPS) is 10.5. The second-order valence-corrected chi connectivity index (χ2v) is 5.56. The van der Waals surface area contributed by atoms with Crippen molar-refractivity contribution < 1.29 is 9.53 Å². The number of hydrogen-bond donors (Lipinski definition) is 1. The lowest BCUT2D eigenvalue weighted by Crippen LogP contribution is -2.12. The van der Waals surface area contributed by atoms with Crippen LogP contribution in [0.25, 0.3) is 0 Å². The standard InChI is InChI=1S/C16H15Cl2NO2/c1-10(2)21-12-8-6-11(7-9-12)16(20)19-15-13(17)4-3-5-14(15)18/h3-10H,1-2H3,(H,19,20). The van der Waals surface area contributed by atoms with E-state index in [1.54, 1.807) is 42.5 Å². The van der Waals surface area contributed by atoms with Crippen LogP contribution in [-0.2, 0) is 0 Å². The molecule has 0 fully saturated rings. The van der Waals surface area contributed by atoms with Gasteiger partial charge in [-0.2, -0.15) is 0 Å². The highest BCUT2D eigenvalue weighted by molar-refractivity contribution is 6.40. The van der Waals surface area contributed by atoms with Crippen LogP contribution in [0.2, 0.25) is 10.0 Å². The number of anilines is 1. The molecule has 0 saturated heterocycles. The molecule has 5 heteroatoms. The Hall–Kier alpha value is -1.71. The van der Waals surface area contributed by atoms with Crippen LogP contribution in [0.4, 0.5) is 5.69 Å². The van der Waals surface area contributed by atoms with E-state index in [-0.39, 0.29) is 12.0 Å². The Morgan fingerprint density at radius 1 is 1.05 bits per heavy atom. The molecule has 0 bridgehead atoms. The lowest BCUT2D eigenvalue weighted by molar-refractivity contribution is 0.102. The topological polar surface area (TPSA) is 38.3 Å². The third-order valence-corrected chi connectivity index (χ3v) is 3.32. The molecule has 0 heterocycles. The van der Waals surface area contributed by atoms with Crippen LogP contribution >= 0.6 is 23.2 Å². The van der Waals surface area contributed by atoms with Gasteiger partial charge in [-0.05, 0) is 50.2 Å². The Labute approximate surface area is 133 Å². The summed E-state index contributed by atoms with van der Waals surface area (Å²) in [6, 6.07) is 11.9. The minimum Gasteiger partial charge on any atom is -0.491 e. The maximum absolute atomic E-state index is 12.2. The van der Waals surface area contributed by atoms with Crippen molar-refractivity contribution in [3.05, 3.63) is 58.1 Å². The fourth-order valence-corrected chi connectivity index (χ4v) is 2.25. The van der Waals surface area contributed by atoms with Crippen LogP contribution in [0, 0.1) is 0 Å². The van der Waals surface area contributed by atoms with Gasteiger partial charge in [-0.3, -0.25) is 4.79 Å². The first kappa shape index (κ1) is 15.7. The fraction of sp³-hybridized carbons (Fsp3) is 0.188. The first-order chi connectivity index (χ1) is 9.97. The maximum Gasteiger partial charge on any atom is 0.255 e. The van der Waals surface area contributed by atoms with Gasteiger partial charge in [0.25, 0.3) is 5.91 Å². The highest BCUT2D eigenvalue weighted by Gasteiger charge is 2.11. The molecule has 0 saturated carbocycles. The van der Waals surface area contributed by atoms with Crippen LogP contribution in [0.15, 0.2) is 42.5 Å². The van der Waals surface area contributed by atoms with Gasteiger partial charge in [0.15, 0.2) is 0 Å². The van der Waals surface area contributed by atoms with E-state index in [4.69, 9.17) is 27.9 Å². The van der Waals surface area contributed by atoms with Gasteiger partial charge in [0.1, 0.15) is 5.75 Å². The molecule has 110 valence electrons. The Bertz CT molecular complexity index is 619. The van der Waals surface area contributed by atoms with E-state index >= 15 is 0 Å². The molecule has 2 rings (SSSR count). The number of carbonyl (C=O) groups is 1. The first-order valence-electron chi connectivity index (χ1n) is 6.49. The second-order valence-electron chi connectivity index (χ2n) is 4.74. The van der Waals surface area contributed by atoms with E-state index in [2.05, 4.69) is 5.32 Å². The molecule has 3 nitrogen and oxygen atoms in total. The molecule has 0 aliphatic carbocycles. The minimum atomic E-state index is -0.277. The number of nitrogens with one attached hydrogen (secondary N) is 1. The van der Waals surface area contributed by atoms with Crippen molar-refractivity contribution >= 4 is 34.8 Å². The smallest absolute Gasteiger partial charge is 0.255 e. The summed E-state index contributed by atoms with van der Waals surface area (Å²) in [5, 5.41) is 3.51. The quantitative estimate of drug-likeness (QED) is 0.856. The van der Waals surface area contributed by atoms with E-state index in [0.29, 0.717) is 21.3 Å². The lowest BCUT2D eigenvalue weighted by atomic mass is 10.2. The number of ether oxygens (including phenoxy) is 1. The molecule has 1 N–H and O–H groups in total. The molecule has 0 unspecified atom stereocenters. The zero-order valence-electron chi connectivity index (χ0n) is 11.7. The van der Waals surface area contributed by atoms with Crippen molar-refractivity contribution in [2.24, 2.45) is 0 Å². The minimum absolute atomic E-state index is 0.0895. The van der Waals surface area contributed by atoms with E-state index in [1.165, 1.54) is 0 Å². The van der Waals surface area contributed by atoms with Gasteiger partial charge in [0.05, 0.1) is 21.8 Å². The van der Waals surface area contributed by atoms with Gasteiger partial charge in [-0.15, -0.1) is 0 Å². The highest BCUT2D eigenvalue weighted by atomic mass is 35.5. The molecule has 0 radical (unpaired) electrons. The van der Waals surface area contributed by atoms with Gasteiger partial charge in [0, 0.05) is 5.56 Å². The molecule has 21 heavy (non-hydrogen) atoms. The fourth-order valence-electron chi connectivity index (χ4n) is 1.76. The number of halogens is 2. The molecule has 0 aromatic heterocycles. The predicted octanol–water partition coefficient (Wildman–Crippen LogP) is 5.03. The van der Waals surface area contributed by atoms with Crippen LogP contribution in [0.5, 0.6) is 5.75 Å². The average molecular weight is 324 g/mol. The molecule has 0 aliphatic rings. The Morgan fingerprint density at radius 2 is 1.62 bits per heavy atom. The van der Waals surface area contributed by atoms with E-state index in [9.17, 15) is 4.79 Å². The molecule has 2 aromatic rings. The van der Waals surface area contributed by atoms with Crippen molar-refractivity contribution in [3.8, 4) is 5.75 Å². The van der Waals surface area contributed by atoms with Crippen molar-refractivity contribution in [2.45, 2.75) is 20.0 Å². The lowest BCUT2D eigenvalue weighted by Gasteiger charge is -2.11. The van der Waals surface area contributed by atoms with Gasteiger partial charge >= 0.3 is 0 Å². The summed E-state index contributed by atoms with van der Waals surface area (Å²) in [5.41, 5.74) is 0.912. The Kier molecular flexibility index (Phi) is 5.10. The Morgan fingerprint density at radius 3 is 2.14 bits per heavy atom. The van der Waals surface area contributed by atoms with Gasteiger partial charge in [0.2, 0.25) is 0 Å². The molecule has 2 aromatic carbocycles. The molecule has 1 amide bonds. The number of hydrogen-bond acceptors (Lipinski definition) is 2. The SMILES string of the molecule is CC(C)Oc1ccc(C(=O)Nc2c(Cl)cccc2Cl)cc1. The zero-order chi connectivity index (χ0) is 15.4. The summed E-state index contributed by atoms with van der Waals surface area (Å²) in [4.78, 5) is 12.2. The average Bonchev–Trinajstić information content (AvgIpc) is 2.43. The van der Waals surface area contributed by atoms with Crippen molar-refractivity contribution in [1.29, 1.82) is 0 Å². The number of benzene rings is 2. The third-order valence-electron chi connectivity index (χ3n) is 2.69. The Balaban J connectivity index is 2.13. The third kappa shape index (κ3) is 4.13. The summed E-state index contributed by atoms with van der Waals surface area (Å²) in [5.74, 6) is 0.443. The first-order valence-corrected chi connectivity index (χ1v) is 7.25. The second kappa shape index (κ2) is 6.83. The number of carbonyl (C=O) groups excluding carboxylic acids is 1. The molecule has 0 atom stereocenters. The van der Waals surface area contributed by atoms with Crippen molar-refractivity contribution in [3.63, 3.8) is 0 Å². The summed E-state index contributed by atoms with van der Waals surface area (Å²) in [7, 11) is 0. The zero-order valence-corrected chi connectivity index (χ0v) is 13.2. The highest BCUT2D eigenvalue weighted by Crippen LogP contribution is 2.30. The molecular weight excluding hydrogens is 309 g/mol. The summed E-state index contributed by atoms with van der Waals surface area (Å²) >= 11 is 12.0. The molecule has 0 spiro atoms. The van der Waals surface area contributed by atoms with Crippen LogP contribution in [0.3, 0.4) is 0 Å². The van der Waals surface area contributed by atoms with Gasteiger partial charge in [-0.1, -0.05) is 29.3 Å². The van der Waals surface area contributed by atoms with Crippen LogP contribution in [-0.4, -0.2) is 12.0 Å². The van der Waals surface area contributed by atoms with E-state index < -0.39 is 0 Å². The monoisotopic (exact) mass is 323 g/mol. The molecule has 0 aliphatic heterocycles. The van der Waals surface area contributed by atoms with Gasteiger partial charge in [-0.25, -0.2) is 0 Å². The van der Waals surface area contributed by atoms with Crippen molar-refractivity contribution in [2.75, 3.05) is 5.32 Å². The van der Waals surface area contributed by atoms with Crippen LogP contribution < -0.4 is 10.1 Å². The number of amides is 1. The number of rotatable bonds is 4. The van der Waals surface area contributed by atoms with Crippen LogP contribution in [0.1, 0.15) is 24.2 Å². The predicted molar refractivity (Wildman–Crippen MR) is 86.6 cm³/mol. The van der Waals surface area contributed by atoms with Crippen molar-refractivity contribution in [1.82, 2.24) is 0 Å². The van der Waals surface area contributed by atoms with E-state index in [0.717, 1.165) is 5.75 Å².